The molecule has 6 heteroatoms. The molecule has 0 spiro atoms. The molecule has 2 aromatic carbocycles. The summed E-state index contributed by atoms with van der Waals surface area (Å²) >= 11 is 0. The third kappa shape index (κ3) is 4.35. The minimum absolute atomic E-state index is 0.0353. The lowest BCUT2D eigenvalue weighted by molar-refractivity contribution is 0.119. The fourth-order valence-corrected chi connectivity index (χ4v) is 3.13. The molecule has 5 nitrogen and oxygen atoms in total. The molecule has 0 radical (unpaired) electrons. The van der Waals surface area contributed by atoms with Gasteiger partial charge in [0.2, 0.25) is 10.0 Å². The summed E-state index contributed by atoms with van der Waals surface area (Å²) in [7, 11) is -0.309. The number of benzene rings is 2. The van der Waals surface area contributed by atoms with Crippen LogP contribution in [0.2, 0.25) is 0 Å². The highest BCUT2D eigenvalue weighted by Gasteiger charge is 2.12. The minimum atomic E-state index is -3.40. The Morgan fingerprint density at radius 1 is 1.00 bits per heavy atom. The van der Waals surface area contributed by atoms with Crippen molar-refractivity contribution in [3.63, 3.8) is 0 Å². The van der Waals surface area contributed by atoms with Crippen LogP contribution in [-0.4, -0.2) is 22.6 Å². The number of ether oxygens (including phenoxy) is 1. The predicted octanol–water partition coefficient (Wildman–Crippen LogP) is 3.48. The Morgan fingerprint density at radius 3 is 2.25 bits per heavy atom. The first-order valence-corrected chi connectivity index (χ1v) is 9.28. The number of anilines is 1. The van der Waals surface area contributed by atoms with E-state index in [-0.39, 0.29) is 17.0 Å². The number of nitrogens with one attached hydrogen (secondary N) is 2. The summed E-state index contributed by atoms with van der Waals surface area (Å²) in [6.07, 6.45) is 0.0353. The molecule has 2 rings (SSSR count). The normalized spacial score (nSPS) is 14.2. The van der Waals surface area contributed by atoms with Gasteiger partial charge in [0.15, 0.2) is 0 Å². The molecule has 24 heavy (non-hydrogen) atoms. The Bertz CT molecular complexity index is 773. The van der Waals surface area contributed by atoms with Crippen LogP contribution in [-0.2, 0) is 14.8 Å². The molecule has 2 atom stereocenters. The SMILES string of the molecule is CNS(=O)(=O)c1ccc([C@H](C)Nc2cccc([C@@H](C)OC)c2)cc1. The van der Waals surface area contributed by atoms with E-state index in [9.17, 15) is 8.42 Å². The molecule has 0 fully saturated rings. The lowest BCUT2D eigenvalue weighted by Gasteiger charge is -2.18. The summed E-state index contributed by atoms with van der Waals surface area (Å²) in [6, 6.07) is 15.0. The van der Waals surface area contributed by atoms with E-state index in [4.69, 9.17) is 4.74 Å². The second-order valence-corrected chi connectivity index (χ2v) is 7.53. The van der Waals surface area contributed by atoms with Crippen LogP contribution in [0, 0.1) is 0 Å². The van der Waals surface area contributed by atoms with Crippen LogP contribution in [0.4, 0.5) is 5.69 Å². The highest BCUT2D eigenvalue weighted by Crippen LogP contribution is 2.24. The van der Waals surface area contributed by atoms with E-state index in [2.05, 4.69) is 16.1 Å². The zero-order valence-electron chi connectivity index (χ0n) is 14.4. The summed E-state index contributed by atoms with van der Waals surface area (Å²) in [5.74, 6) is 0. The Kier molecular flexibility index (Phi) is 5.99. The molecule has 0 aromatic heterocycles. The maximum Gasteiger partial charge on any atom is 0.240 e. The molecule has 0 aliphatic heterocycles. The zero-order chi connectivity index (χ0) is 17.7. The van der Waals surface area contributed by atoms with Gasteiger partial charge in [0.05, 0.1) is 11.0 Å². The molecule has 0 aliphatic carbocycles. The Labute approximate surface area is 144 Å². The first-order chi connectivity index (χ1) is 11.4. The van der Waals surface area contributed by atoms with Crippen molar-refractivity contribution in [3.8, 4) is 0 Å². The smallest absolute Gasteiger partial charge is 0.240 e. The van der Waals surface area contributed by atoms with E-state index in [1.807, 2.05) is 44.2 Å². The maximum atomic E-state index is 11.8. The van der Waals surface area contributed by atoms with Gasteiger partial charge in [-0.1, -0.05) is 24.3 Å². The third-order valence-electron chi connectivity index (χ3n) is 4.05. The number of hydrogen-bond donors (Lipinski definition) is 2. The van der Waals surface area contributed by atoms with Crippen molar-refractivity contribution < 1.29 is 13.2 Å². The summed E-state index contributed by atoms with van der Waals surface area (Å²) in [5, 5.41) is 3.43. The van der Waals surface area contributed by atoms with Crippen LogP contribution in [0.3, 0.4) is 0 Å². The monoisotopic (exact) mass is 348 g/mol. The van der Waals surface area contributed by atoms with Gasteiger partial charge in [-0.25, -0.2) is 13.1 Å². The predicted molar refractivity (Wildman–Crippen MR) is 96.6 cm³/mol. The molecule has 0 heterocycles. The van der Waals surface area contributed by atoms with Crippen molar-refractivity contribution in [3.05, 3.63) is 59.7 Å². The Balaban J connectivity index is 2.14. The molecular formula is C18H24N2O3S. The first-order valence-electron chi connectivity index (χ1n) is 7.80. The van der Waals surface area contributed by atoms with E-state index >= 15 is 0 Å². The molecule has 0 unspecified atom stereocenters. The molecule has 0 aliphatic rings. The van der Waals surface area contributed by atoms with Crippen LogP contribution in [0.15, 0.2) is 53.4 Å². The fourth-order valence-electron chi connectivity index (χ4n) is 2.40. The van der Waals surface area contributed by atoms with Gasteiger partial charge in [-0.3, -0.25) is 0 Å². The highest BCUT2D eigenvalue weighted by atomic mass is 32.2. The average molecular weight is 348 g/mol. The Morgan fingerprint density at radius 2 is 1.67 bits per heavy atom. The van der Waals surface area contributed by atoms with Gasteiger partial charge in [0.1, 0.15) is 0 Å². The van der Waals surface area contributed by atoms with E-state index < -0.39 is 10.0 Å². The molecule has 130 valence electrons. The zero-order valence-corrected chi connectivity index (χ0v) is 15.2. The second kappa shape index (κ2) is 7.79. The molecule has 0 saturated heterocycles. The van der Waals surface area contributed by atoms with Crippen LogP contribution < -0.4 is 10.0 Å². The van der Waals surface area contributed by atoms with Crippen LogP contribution in [0.5, 0.6) is 0 Å². The van der Waals surface area contributed by atoms with E-state index in [1.165, 1.54) is 7.05 Å². The number of rotatable bonds is 7. The molecule has 0 bridgehead atoms. The summed E-state index contributed by atoms with van der Waals surface area (Å²) in [5.41, 5.74) is 3.11. The van der Waals surface area contributed by atoms with E-state index in [0.717, 1.165) is 16.8 Å². The van der Waals surface area contributed by atoms with Crippen molar-refractivity contribution in [1.82, 2.24) is 4.72 Å². The maximum absolute atomic E-state index is 11.8. The van der Waals surface area contributed by atoms with Gasteiger partial charge in [-0.15, -0.1) is 0 Å². The van der Waals surface area contributed by atoms with Gasteiger partial charge in [0.25, 0.3) is 0 Å². The van der Waals surface area contributed by atoms with Crippen molar-refractivity contribution in [1.29, 1.82) is 0 Å². The van der Waals surface area contributed by atoms with Gasteiger partial charge in [-0.2, -0.15) is 0 Å². The lowest BCUT2D eigenvalue weighted by Crippen LogP contribution is -2.18. The molecule has 0 saturated carbocycles. The topological polar surface area (TPSA) is 67.4 Å². The molecule has 2 N–H and O–H groups in total. The number of sulfonamides is 1. The van der Waals surface area contributed by atoms with Gasteiger partial charge < -0.3 is 10.1 Å². The fraction of sp³-hybridized carbons (Fsp3) is 0.333. The summed E-state index contributed by atoms with van der Waals surface area (Å²) in [4.78, 5) is 0.261. The van der Waals surface area contributed by atoms with Crippen molar-refractivity contribution in [2.75, 3.05) is 19.5 Å². The van der Waals surface area contributed by atoms with Crippen molar-refractivity contribution in [2.24, 2.45) is 0 Å². The minimum Gasteiger partial charge on any atom is -0.379 e. The van der Waals surface area contributed by atoms with Gasteiger partial charge in [-0.05, 0) is 56.3 Å². The highest BCUT2D eigenvalue weighted by molar-refractivity contribution is 7.89. The molecule has 2 aromatic rings. The largest absolute Gasteiger partial charge is 0.379 e. The Hall–Kier alpha value is -1.89. The van der Waals surface area contributed by atoms with Crippen molar-refractivity contribution in [2.45, 2.75) is 30.9 Å². The second-order valence-electron chi connectivity index (χ2n) is 5.65. The third-order valence-corrected chi connectivity index (χ3v) is 5.48. The van der Waals surface area contributed by atoms with Gasteiger partial charge >= 0.3 is 0 Å². The first kappa shape index (κ1) is 18.4. The summed E-state index contributed by atoms with van der Waals surface area (Å²) in [6.45, 7) is 4.04. The standard InChI is InChI=1S/C18H24N2O3S/c1-13(15-8-10-18(11-9-15)24(21,22)19-3)20-17-7-5-6-16(12-17)14(2)23-4/h5-14,19-20H,1-4H3/t13-,14+/m0/s1. The number of hydrogen-bond acceptors (Lipinski definition) is 4. The van der Waals surface area contributed by atoms with E-state index in [0.29, 0.717) is 0 Å². The van der Waals surface area contributed by atoms with Gasteiger partial charge in [0, 0.05) is 18.8 Å². The molecular weight excluding hydrogens is 324 g/mol. The van der Waals surface area contributed by atoms with Crippen LogP contribution >= 0.6 is 0 Å². The average Bonchev–Trinajstić information content (AvgIpc) is 2.61. The number of methoxy groups -OCH3 is 1. The van der Waals surface area contributed by atoms with Crippen molar-refractivity contribution >= 4 is 15.7 Å². The van der Waals surface area contributed by atoms with Crippen LogP contribution in [0.1, 0.15) is 37.1 Å². The summed E-state index contributed by atoms with van der Waals surface area (Å²) < 4.78 is 31.2. The lowest BCUT2D eigenvalue weighted by atomic mass is 10.1. The van der Waals surface area contributed by atoms with E-state index in [1.54, 1.807) is 19.2 Å². The molecule has 0 amide bonds. The van der Waals surface area contributed by atoms with Crippen LogP contribution in [0.25, 0.3) is 0 Å². The quantitative estimate of drug-likeness (QED) is 0.804.